The number of aromatic nitrogens is 2. The molecule has 0 saturated carbocycles. The zero-order valence-corrected chi connectivity index (χ0v) is 18.6. The zero-order chi connectivity index (χ0) is 21.5. The van der Waals surface area contributed by atoms with Crippen molar-refractivity contribution in [2.75, 3.05) is 26.7 Å². The lowest BCUT2D eigenvalue weighted by atomic mass is 9.98. The van der Waals surface area contributed by atoms with E-state index in [0.29, 0.717) is 12.0 Å². The maximum absolute atomic E-state index is 9.18. The number of imidazole rings is 1. The van der Waals surface area contributed by atoms with E-state index in [-0.39, 0.29) is 6.10 Å². The van der Waals surface area contributed by atoms with Gasteiger partial charge in [0.1, 0.15) is 5.82 Å². The molecule has 1 aromatic heterocycles. The molecule has 2 heterocycles. The number of piperidine rings is 1. The third-order valence-corrected chi connectivity index (χ3v) is 7.13. The predicted molar refractivity (Wildman–Crippen MR) is 122 cm³/mol. The number of likely N-dealkylation sites (tertiary alicyclic amines) is 1. The number of aryl methyl sites for hydroxylation is 2. The second-order valence-corrected chi connectivity index (χ2v) is 9.28. The maximum atomic E-state index is 9.18. The highest BCUT2D eigenvalue weighted by molar-refractivity contribution is 5.77. The third-order valence-electron chi connectivity index (χ3n) is 7.13. The average Bonchev–Trinajstić information content (AvgIpc) is 3.31. The molecule has 3 atom stereocenters. The van der Waals surface area contributed by atoms with Crippen LogP contribution in [0.4, 0.5) is 0 Å². The summed E-state index contributed by atoms with van der Waals surface area (Å²) >= 11 is 0. The first kappa shape index (κ1) is 20.2. The molecule has 2 aliphatic rings. The number of hydrogen-bond donors (Lipinski definition) is 0. The smallest absolute Gasteiger partial charge is 0.107 e. The highest BCUT2D eigenvalue weighted by Gasteiger charge is 2.34. The highest BCUT2D eigenvalue weighted by atomic mass is 16.5. The van der Waals surface area contributed by atoms with Crippen molar-refractivity contribution in [1.82, 2.24) is 14.5 Å². The summed E-state index contributed by atoms with van der Waals surface area (Å²) in [4.78, 5) is 7.40. The minimum atomic E-state index is 0.153. The number of hydrogen-bond acceptors (Lipinski definition) is 4. The van der Waals surface area contributed by atoms with E-state index in [4.69, 9.17) is 9.72 Å². The SMILES string of the molecule is CO[C@@H]1CN(C[C@H]2Cc3ccc(C#N)cc3C2)CC[C@H]1n1c(C)nc2cc(C)ccc21. The van der Waals surface area contributed by atoms with Crippen LogP contribution in [0.1, 0.15) is 40.5 Å². The Labute approximate surface area is 184 Å². The fourth-order valence-electron chi connectivity index (χ4n) is 5.68. The normalized spacial score (nSPS) is 23.7. The summed E-state index contributed by atoms with van der Waals surface area (Å²) in [5.41, 5.74) is 7.09. The summed E-state index contributed by atoms with van der Waals surface area (Å²) in [6.07, 6.45) is 3.41. The van der Waals surface area contributed by atoms with Gasteiger partial charge >= 0.3 is 0 Å². The highest BCUT2D eigenvalue weighted by Crippen LogP contribution is 2.33. The van der Waals surface area contributed by atoms with Crippen LogP contribution in [0.15, 0.2) is 36.4 Å². The summed E-state index contributed by atoms with van der Waals surface area (Å²) < 4.78 is 8.41. The van der Waals surface area contributed by atoms with E-state index in [0.717, 1.165) is 55.8 Å². The summed E-state index contributed by atoms with van der Waals surface area (Å²) in [6.45, 7) is 7.34. The minimum Gasteiger partial charge on any atom is -0.378 e. The Morgan fingerprint density at radius 3 is 2.77 bits per heavy atom. The molecule has 0 bridgehead atoms. The quantitative estimate of drug-likeness (QED) is 0.642. The van der Waals surface area contributed by atoms with Gasteiger partial charge < -0.3 is 14.2 Å². The molecular formula is C26H30N4O. The Balaban J connectivity index is 1.30. The maximum Gasteiger partial charge on any atom is 0.107 e. The Bertz CT molecular complexity index is 1160. The lowest BCUT2D eigenvalue weighted by Gasteiger charge is -2.40. The van der Waals surface area contributed by atoms with Gasteiger partial charge in [-0.3, -0.25) is 0 Å². The average molecular weight is 415 g/mol. The first-order chi connectivity index (χ1) is 15.1. The second kappa shape index (κ2) is 8.11. The van der Waals surface area contributed by atoms with Crippen LogP contribution in [-0.2, 0) is 17.6 Å². The van der Waals surface area contributed by atoms with E-state index in [1.807, 2.05) is 13.2 Å². The van der Waals surface area contributed by atoms with Crippen LogP contribution in [0.25, 0.3) is 11.0 Å². The van der Waals surface area contributed by atoms with E-state index >= 15 is 0 Å². The molecule has 0 amide bonds. The summed E-state index contributed by atoms with van der Waals surface area (Å²) in [5, 5.41) is 9.18. The van der Waals surface area contributed by atoms with Crippen LogP contribution < -0.4 is 0 Å². The monoisotopic (exact) mass is 414 g/mol. The van der Waals surface area contributed by atoms with Gasteiger partial charge in [-0.25, -0.2) is 4.98 Å². The van der Waals surface area contributed by atoms with Crippen LogP contribution in [0.5, 0.6) is 0 Å². The van der Waals surface area contributed by atoms with Crippen LogP contribution in [-0.4, -0.2) is 47.3 Å². The summed E-state index contributed by atoms with van der Waals surface area (Å²) in [5.74, 6) is 1.69. The topological polar surface area (TPSA) is 54.1 Å². The third kappa shape index (κ3) is 3.75. The molecule has 31 heavy (non-hydrogen) atoms. The van der Waals surface area contributed by atoms with Crippen LogP contribution >= 0.6 is 0 Å². The van der Waals surface area contributed by atoms with E-state index < -0.39 is 0 Å². The molecule has 0 spiro atoms. The van der Waals surface area contributed by atoms with E-state index in [1.165, 1.54) is 22.2 Å². The number of nitriles is 1. The molecule has 5 heteroatoms. The second-order valence-electron chi connectivity index (χ2n) is 9.28. The Morgan fingerprint density at radius 1 is 1.13 bits per heavy atom. The van der Waals surface area contributed by atoms with Gasteiger partial charge in [0.25, 0.3) is 0 Å². The molecule has 1 saturated heterocycles. The fourth-order valence-corrected chi connectivity index (χ4v) is 5.68. The van der Waals surface area contributed by atoms with Crippen LogP contribution in [0.3, 0.4) is 0 Å². The predicted octanol–water partition coefficient (Wildman–Crippen LogP) is 4.20. The molecule has 1 aliphatic carbocycles. The van der Waals surface area contributed by atoms with Gasteiger partial charge in [-0.05, 0) is 80.0 Å². The molecular weight excluding hydrogens is 384 g/mol. The summed E-state index contributed by atoms with van der Waals surface area (Å²) in [6, 6.07) is 15.3. The van der Waals surface area contributed by atoms with E-state index in [2.05, 4.69) is 59.7 Å². The standard InChI is InChI=1S/C26H30N4O/c1-17-4-7-24-23(10-17)28-18(2)30(24)25-8-9-29(16-26(25)31-3)15-20-12-21-6-5-19(14-27)11-22(21)13-20/h4-7,10-11,20,25-26H,8-9,12-13,15-16H2,1-3H3/t20-,25+,26+/m0/s1. The summed E-state index contributed by atoms with van der Waals surface area (Å²) in [7, 11) is 1.84. The van der Waals surface area contributed by atoms with Crippen molar-refractivity contribution < 1.29 is 4.74 Å². The number of fused-ring (bicyclic) bond motifs is 2. The van der Waals surface area contributed by atoms with Gasteiger partial charge in [0.15, 0.2) is 0 Å². The van der Waals surface area contributed by atoms with Crippen molar-refractivity contribution in [3.05, 3.63) is 64.5 Å². The van der Waals surface area contributed by atoms with Gasteiger partial charge in [-0.2, -0.15) is 5.26 Å². The zero-order valence-electron chi connectivity index (χ0n) is 18.6. The van der Waals surface area contributed by atoms with Crippen molar-refractivity contribution >= 4 is 11.0 Å². The van der Waals surface area contributed by atoms with Crippen molar-refractivity contribution in [3.8, 4) is 6.07 Å². The number of ether oxygens (including phenoxy) is 1. The van der Waals surface area contributed by atoms with Crippen molar-refractivity contribution in [2.24, 2.45) is 5.92 Å². The van der Waals surface area contributed by atoms with Crippen LogP contribution in [0.2, 0.25) is 0 Å². The number of nitrogens with zero attached hydrogens (tertiary/aromatic N) is 4. The lowest BCUT2D eigenvalue weighted by Crippen LogP contribution is -2.47. The largest absolute Gasteiger partial charge is 0.378 e. The molecule has 0 unspecified atom stereocenters. The van der Waals surface area contributed by atoms with Gasteiger partial charge in [0, 0.05) is 26.7 Å². The molecule has 2 aromatic carbocycles. The number of benzene rings is 2. The van der Waals surface area contributed by atoms with Gasteiger partial charge in [-0.15, -0.1) is 0 Å². The molecule has 5 nitrogen and oxygen atoms in total. The fraction of sp³-hybridized carbons (Fsp3) is 0.462. The van der Waals surface area contributed by atoms with E-state index in [9.17, 15) is 5.26 Å². The molecule has 160 valence electrons. The first-order valence-corrected chi connectivity index (χ1v) is 11.3. The number of rotatable bonds is 4. The first-order valence-electron chi connectivity index (χ1n) is 11.3. The molecule has 0 radical (unpaired) electrons. The molecule has 1 fully saturated rings. The minimum absolute atomic E-state index is 0.153. The van der Waals surface area contributed by atoms with Gasteiger partial charge in [0.05, 0.1) is 34.8 Å². The molecule has 3 aromatic rings. The van der Waals surface area contributed by atoms with Crippen LogP contribution in [0, 0.1) is 31.1 Å². The molecule has 0 N–H and O–H groups in total. The van der Waals surface area contributed by atoms with Crippen molar-refractivity contribution in [2.45, 2.75) is 45.3 Å². The van der Waals surface area contributed by atoms with Gasteiger partial charge in [0.2, 0.25) is 0 Å². The Morgan fingerprint density at radius 2 is 1.97 bits per heavy atom. The Kier molecular flexibility index (Phi) is 5.29. The van der Waals surface area contributed by atoms with Crippen molar-refractivity contribution in [3.63, 3.8) is 0 Å². The molecule has 5 rings (SSSR count). The Hall–Kier alpha value is -2.68. The van der Waals surface area contributed by atoms with Crippen molar-refractivity contribution in [1.29, 1.82) is 5.26 Å². The lowest BCUT2D eigenvalue weighted by molar-refractivity contribution is -0.00928. The number of methoxy groups -OCH3 is 1. The van der Waals surface area contributed by atoms with E-state index in [1.54, 1.807) is 0 Å². The molecule has 1 aliphatic heterocycles. The van der Waals surface area contributed by atoms with Gasteiger partial charge in [-0.1, -0.05) is 12.1 Å².